The monoisotopic (exact) mass is 262 g/mol. The van der Waals surface area contributed by atoms with Crippen LogP contribution in [0.2, 0.25) is 0 Å². The van der Waals surface area contributed by atoms with Crippen molar-refractivity contribution in [2.45, 2.75) is 26.7 Å². The van der Waals surface area contributed by atoms with Crippen molar-refractivity contribution in [1.29, 1.82) is 0 Å². The van der Waals surface area contributed by atoms with Crippen molar-refractivity contribution in [3.05, 3.63) is 23.8 Å². The molecule has 1 aromatic carbocycles. The van der Waals surface area contributed by atoms with Crippen LogP contribution < -0.4 is 15.0 Å². The molecular formula is C16H26N2O. The molecule has 19 heavy (non-hydrogen) atoms. The first-order chi connectivity index (χ1) is 9.20. The molecule has 1 saturated heterocycles. The van der Waals surface area contributed by atoms with Crippen LogP contribution in [0.3, 0.4) is 0 Å². The highest BCUT2D eigenvalue weighted by Crippen LogP contribution is 2.25. The molecule has 0 radical (unpaired) electrons. The van der Waals surface area contributed by atoms with Gasteiger partial charge in [-0.05, 0) is 69.5 Å². The van der Waals surface area contributed by atoms with Gasteiger partial charge in [-0.1, -0.05) is 0 Å². The topological polar surface area (TPSA) is 24.5 Å². The lowest BCUT2D eigenvalue weighted by atomic mass is 9.97. The van der Waals surface area contributed by atoms with Crippen molar-refractivity contribution >= 4 is 5.69 Å². The summed E-state index contributed by atoms with van der Waals surface area (Å²) in [6, 6.07) is 6.48. The molecule has 1 N–H and O–H groups in total. The quantitative estimate of drug-likeness (QED) is 0.883. The van der Waals surface area contributed by atoms with Crippen molar-refractivity contribution in [2.24, 2.45) is 5.92 Å². The molecule has 0 amide bonds. The van der Waals surface area contributed by atoms with Gasteiger partial charge in [-0.15, -0.1) is 0 Å². The number of nitrogens with one attached hydrogen (secondary N) is 1. The van der Waals surface area contributed by atoms with Gasteiger partial charge < -0.3 is 15.0 Å². The van der Waals surface area contributed by atoms with Gasteiger partial charge in [0.25, 0.3) is 0 Å². The van der Waals surface area contributed by atoms with Crippen LogP contribution in [-0.4, -0.2) is 33.3 Å². The van der Waals surface area contributed by atoms with E-state index >= 15 is 0 Å². The second kappa shape index (κ2) is 6.80. The maximum Gasteiger partial charge on any atom is 0.122 e. The standard InChI is InChI=1S/C16H26N2O/c1-4-19-16-6-5-15(11-13(16)2)18(3)12-14-7-9-17-10-8-14/h5-6,11,14,17H,4,7-10,12H2,1-3H3. The molecule has 1 aliphatic heterocycles. The highest BCUT2D eigenvalue weighted by atomic mass is 16.5. The summed E-state index contributed by atoms with van der Waals surface area (Å²) in [5, 5.41) is 3.42. The summed E-state index contributed by atoms with van der Waals surface area (Å²) < 4.78 is 5.59. The molecule has 0 aromatic heterocycles. The SMILES string of the molecule is CCOc1ccc(N(C)CC2CCNCC2)cc1C. The van der Waals surface area contributed by atoms with Crippen LogP contribution in [0.15, 0.2) is 18.2 Å². The molecule has 2 rings (SSSR count). The average Bonchev–Trinajstić information content (AvgIpc) is 2.42. The Morgan fingerprint density at radius 1 is 1.32 bits per heavy atom. The van der Waals surface area contributed by atoms with Gasteiger partial charge in [0.1, 0.15) is 5.75 Å². The van der Waals surface area contributed by atoms with Crippen LogP contribution in [0.5, 0.6) is 5.75 Å². The Kier molecular flexibility index (Phi) is 5.08. The minimum Gasteiger partial charge on any atom is -0.494 e. The number of anilines is 1. The summed E-state index contributed by atoms with van der Waals surface area (Å²) in [5.74, 6) is 1.82. The van der Waals surface area contributed by atoms with Crippen LogP contribution in [0.1, 0.15) is 25.3 Å². The summed E-state index contributed by atoms with van der Waals surface area (Å²) >= 11 is 0. The zero-order valence-corrected chi connectivity index (χ0v) is 12.4. The summed E-state index contributed by atoms with van der Waals surface area (Å²) in [7, 11) is 2.19. The first kappa shape index (κ1) is 14.2. The third-order valence-electron chi connectivity index (χ3n) is 3.89. The summed E-state index contributed by atoms with van der Waals surface area (Å²) in [4.78, 5) is 2.37. The van der Waals surface area contributed by atoms with E-state index < -0.39 is 0 Å². The largest absolute Gasteiger partial charge is 0.494 e. The third-order valence-corrected chi connectivity index (χ3v) is 3.89. The van der Waals surface area contributed by atoms with E-state index in [1.807, 2.05) is 6.92 Å². The van der Waals surface area contributed by atoms with Crippen LogP contribution in [0, 0.1) is 12.8 Å². The maximum absolute atomic E-state index is 5.59. The number of ether oxygens (including phenoxy) is 1. The first-order valence-electron chi connectivity index (χ1n) is 7.36. The van der Waals surface area contributed by atoms with Gasteiger partial charge in [-0.25, -0.2) is 0 Å². The Labute approximate surface area is 116 Å². The fourth-order valence-electron chi connectivity index (χ4n) is 2.75. The fraction of sp³-hybridized carbons (Fsp3) is 0.625. The Hall–Kier alpha value is -1.22. The molecule has 0 aliphatic carbocycles. The summed E-state index contributed by atoms with van der Waals surface area (Å²) in [6.07, 6.45) is 2.58. The predicted octanol–water partition coefficient (Wildman–Crippen LogP) is 2.83. The Balaban J connectivity index is 1.98. The molecule has 0 unspecified atom stereocenters. The van der Waals surface area contributed by atoms with Gasteiger partial charge in [0.2, 0.25) is 0 Å². The predicted molar refractivity (Wildman–Crippen MR) is 81.2 cm³/mol. The molecule has 1 fully saturated rings. The minimum absolute atomic E-state index is 0.727. The van der Waals surface area contributed by atoms with Crippen molar-refractivity contribution in [2.75, 3.05) is 38.2 Å². The maximum atomic E-state index is 5.59. The highest BCUT2D eigenvalue weighted by Gasteiger charge is 2.15. The van der Waals surface area contributed by atoms with Crippen LogP contribution in [0.25, 0.3) is 0 Å². The Morgan fingerprint density at radius 2 is 2.05 bits per heavy atom. The molecule has 1 heterocycles. The molecule has 1 aliphatic rings. The zero-order chi connectivity index (χ0) is 13.7. The lowest BCUT2D eigenvalue weighted by Crippen LogP contribution is -2.34. The number of aryl methyl sites for hydroxylation is 1. The van der Waals surface area contributed by atoms with E-state index in [9.17, 15) is 0 Å². The average molecular weight is 262 g/mol. The number of benzene rings is 1. The summed E-state index contributed by atoms with van der Waals surface area (Å²) in [6.45, 7) is 8.35. The van der Waals surface area contributed by atoms with E-state index in [0.717, 1.165) is 24.8 Å². The Bertz CT molecular complexity index is 400. The molecule has 0 atom stereocenters. The molecule has 0 bridgehead atoms. The van der Waals surface area contributed by atoms with E-state index in [4.69, 9.17) is 4.74 Å². The van der Waals surface area contributed by atoms with Crippen molar-refractivity contribution in [1.82, 2.24) is 5.32 Å². The van der Waals surface area contributed by atoms with Crippen molar-refractivity contribution < 1.29 is 4.74 Å². The van der Waals surface area contributed by atoms with E-state index in [0.29, 0.717) is 0 Å². The molecule has 0 saturated carbocycles. The van der Waals surface area contributed by atoms with Crippen molar-refractivity contribution in [3.8, 4) is 5.75 Å². The first-order valence-corrected chi connectivity index (χ1v) is 7.36. The minimum atomic E-state index is 0.727. The molecule has 3 nitrogen and oxygen atoms in total. The van der Waals surface area contributed by atoms with E-state index in [-0.39, 0.29) is 0 Å². The Morgan fingerprint density at radius 3 is 2.68 bits per heavy atom. The van der Waals surface area contributed by atoms with Gasteiger partial charge in [-0.3, -0.25) is 0 Å². The van der Waals surface area contributed by atoms with Crippen LogP contribution >= 0.6 is 0 Å². The molecule has 1 aromatic rings. The third kappa shape index (κ3) is 3.87. The lowest BCUT2D eigenvalue weighted by Gasteiger charge is -2.29. The van der Waals surface area contributed by atoms with Gasteiger partial charge in [-0.2, -0.15) is 0 Å². The number of nitrogens with zero attached hydrogens (tertiary/aromatic N) is 1. The van der Waals surface area contributed by atoms with Gasteiger partial charge >= 0.3 is 0 Å². The molecule has 0 spiro atoms. The summed E-state index contributed by atoms with van der Waals surface area (Å²) in [5.41, 5.74) is 2.51. The number of hydrogen-bond acceptors (Lipinski definition) is 3. The van der Waals surface area contributed by atoms with Gasteiger partial charge in [0.05, 0.1) is 6.61 Å². The second-order valence-electron chi connectivity index (χ2n) is 5.46. The lowest BCUT2D eigenvalue weighted by molar-refractivity contribution is 0.338. The smallest absolute Gasteiger partial charge is 0.122 e. The number of rotatable bonds is 5. The number of piperidine rings is 1. The highest BCUT2D eigenvalue weighted by molar-refractivity contribution is 5.52. The zero-order valence-electron chi connectivity index (χ0n) is 12.4. The van der Waals surface area contributed by atoms with Crippen molar-refractivity contribution in [3.63, 3.8) is 0 Å². The number of hydrogen-bond donors (Lipinski definition) is 1. The van der Waals surface area contributed by atoms with E-state index in [2.05, 4.69) is 42.4 Å². The van der Waals surface area contributed by atoms with Gasteiger partial charge in [0, 0.05) is 19.3 Å². The van der Waals surface area contributed by atoms with Crippen LogP contribution in [0.4, 0.5) is 5.69 Å². The van der Waals surface area contributed by atoms with E-state index in [1.165, 1.54) is 37.2 Å². The normalized spacial score (nSPS) is 16.4. The molecular weight excluding hydrogens is 236 g/mol. The second-order valence-corrected chi connectivity index (χ2v) is 5.46. The van der Waals surface area contributed by atoms with E-state index in [1.54, 1.807) is 0 Å². The molecule has 3 heteroatoms. The van der Waals surface area contributed by atoms with Gasteiger partial charge in [0.15, 0.2) is 0 Å². The fourth-order valence-corrected chi connectivity index (χ4v) is 2.75. The molecule has 106 valence electrons. The van der Waals surface area contributed by atoms with Crippen LogP contribution in [-0.2, 0) is 0 Å².